The molecule has 2 aromatic carbocycles. The molecule has 4 rings (SSSR count). The van der Waals surface area contributed by atoms with Gasteiger partial charge in [0.05, 0.1) is 16.8 Å². The molecule has 1 saturated heterocycles. The normalized spacial score (nSPS) is 16.6. The van der Waals surface area contributed by atoms with Crippen LogP contribution in [0.3, 0.4) is 0 Å². The van der Waals surface area contributed by atoms with Gasteiger partial charge in [0.15, 0.2) is 5.88 Å². The van der Waals surface area contributed by atoms with Gasteiger partial charge in [-0.05, 0) is 62.2 Å². The summed E-state index contributed by atoms with van der Waals surface area (Å²) in [7, 11) is 0. The molecular formula is C24H29FN4O. The molecule has 0 amide bonds. The zero-order valence-electron chi connectivity index (χ0n) is 17.8. The molecule has 2 N–H and O–H groups in total. The molecular weight excluding hydrogens is 379 g/mol. The van der Waals surface area contributed by atoms with Crippen molar-refractivity contribution in [3.8, 4) is 5.88 Å². The first-order valence-corrected chi connectivity index (χ1v) is 10.6. The highest BCUT2D eigenvalue weighted by atomic mass is 19.1. The van der Waals surface area contributed by atoms with Gasteiger partial charge >= 0.3 is 0 Å². The highest BCUT2D eigenvalue weighted by molar-refractivity contribution is 6.02. The minimum absolute atomic E-state index is 0.00753. The maximum Gasteiger partial charge on any atom is 0.198 e. The van der Waals surface area contributed by atoms with Gasteiger partial charge in [-0.15, -0.1) is 0 Å². The third-order valence-electron chi connectivity index (χ3n) is 6.17. The smallest absolute Gasteiger partial charge is 0.198 e. The Kier molecular flexibility index (Phi) is 5.77. The standard InChI is InChI=1S/C24H29FN4O/c1-4-17(3)28-9-11-29(12-10-28)23-8-6-19(13-16(23)2)26-15-21-20-7-5-18(25)14-22(20)27-24(21)30/h5-8,13-15,17,27,30H,4,9-12H2,1-3H3. The number of aryl methyl sites for hydroxylation is 1. The Morgan fingerprint density at radius 2 is 1.93 bits per heavy atom. The van der Waals surface area contributed by atoms with Crippen LogP contribution < -0.4 is 4.90 Å². The number of H-pyrrole nitrogens is 1. The second-order valence-electron chi connectivity index (χ2n) is 8.09. The van der Waals surface area contributed by atoms with Crippen molar-refractivity contribution in [1.82, 2.24) is 9.88 Å². The molecule has 1 fully saturated rings. The van der Waals surface area contributed by atoms with Gasteiger partial charge in [0, 0.05) is 49.5 Å². The second kappa shape index (κ2) is 8.48. The van der Waals surface area contributed by atoms with Crippen LogP contribution in [0.25, 0.3) is 10.9 Å². The number of rotatable bonds is 5. The van der Waals surface area contributed by atoms with Gasteiger partial charge in [-0.1, -0.05) is 6.92 Å². The molecule has 0 saturated carbocycles. The number of halogens is 1. The summed E-state index contributed by atoms with van der Waals surface area (Å²) in [6.45, 7) is 10.9. The lowest BCUT2D eigenvalue weighted by atomic mass is 10.1. The lowest BCUT2D eigenvalue weighted by molar-refractivity contribution is 0.193. The Bertz CT molecular complexity index is 1070. The number of fused-ring (bicyclic) bond motifs is 1. The second-order valence-corrected chi connectivity index (χ2v) is 8.09. The number of piperazine rings is 1. The van der Waals surface area contributed by atoms with Gasteiger partial charge in [-0.3, -0.25) is 9.89 Å². The highest BCUT2D eigenvalue weighted by Gasteiger charge is 2.21. The van der Waals surface area contributed by atoms with E-state index in [1.165, 1.54) is 29.8 Å². The van der Waals surface area contributed by atoms with Crippen LogP contribution >= 0.6 is 0 Å². The molecule has 1 unspecified atom stereocenters. The first-order valence-electron chi connectivity index (χ1n) is 10.6. The van der Waals surface area contributed by atoms with Gasteiger partial charge in [-0.2, -0.15) is 0 Å². The molecule has 3 aromatic rings. The van der Waals surface area contributed by atoms with Gasteiger partial charge in [-0.25, -0.2) is 4.39 Å². The predicted octanol–water partition coefficient (Wildman–Crippen LogP) is 4.99. The third kappa shape index (κ3) is 4.05. The van der Waals surface area contributed by atoms with E-state index in [0.29, 0.717) is 17.1 Å². The number of aromatic amines is 1. The minimum atomic E-state index is -0.344. The summed E-state index contributed by atoms with van der Waals surface area (Å²) < 4.78 is 13.4. The summed E-state index contributed by atoms with van der Waals surface area (Å²) in [5.41, 5.74) is 4.38. The monoisotopic (exact) mass is 408 g/mol. The minimum Gasteiger partial charge on any atom is -0.494 e. The summed E-state index contributed by atoms with van der Waals surface area (Å²) >= 11 is 0. The fraction of sp³-hybridized carbons (Fsp3) is 0.375. The topological polar surface area (TPSA) is 54.9 Å². The van der Waals surface area contributed by atoms with Crippen molar-refractivity contribution >= 4 is 28.5 Å². The molecule has 2 heterocycles. The van der Waals surface area contributed by atoms with Crippen LogP contribution in [0, 0.1) is 12.7 Å². The van der Waals surface area contributed by atoms with E-state index in [2.05, 4.69) is 52.7 Å². The summed E-state index contributed by atoms with van der Waals surface area (Å²) in [6.07, 6.45) is 2.82. The fourth-order valence-electron chi connectivity index (χ4n) is 4.18. The van der Waals surface area contributed by atoms with E-state index in [1.807, 2.05) is 6.07 Å². The molecule has 0 spiro atoms. The van der Waals surface area contributed by atoms with E-state index in [9.17, 15) is 9.50 Å². The van der Waals surface area contributed by atoms with Crippen molar-refractivity contribution in [3.63, 3.8) is 0 Å². The van der Waals surface area contributed by atoms with Crippen molar-refractivity contribution in [1.29, 1.82) is 0 Å². The molecule has 1 aromatic heterocycles. The lowest BCUT2D eigenvalue weighted by Crippen LogP contribution is -2.49. The molecule has 6 heteroatoms. The molecule has 1 aliphatic rings. The maximum absolute atomic E-state index is 13.4. The van der Waals surface area contributed by atoms with Crippen LogP contribution in [-0.4, -0.2) is 53.4 Å². The highest BCUT2D eigenvalue weighted by Crippen LogP contribution is 2.29. The molecule has 1 atom stereocenters. The van der Waals surface area contributed by atoms with Crippen LogP contribution in [-0.2, 0) is 0 Å². The average molecular weight is 409 g/mol. The Hall–Kier alpha value is -2.86. The number of benzene rings is 2. The largest absolute Gasteiger partial charge is 0.494 e. The Labute approximate surface area is 176 Å². The summed E-state index contributed by atoms with van der Waals surface area (Å²) in [5, 5.41) is 10.9. The number of aliphatic imine (C=N–C) groups is 1. The summed E-state index contributed by atoms with van der Waals surface area (Å²) in [5.74, 6) is -0.352. The van der Waals surface area contributed by atoms with E-state index < -0.39 is 0 Å². The van der Waals surface area contributed by atoms with E-state index in [1.54, 1.807) is 12.3 Å². The first-order chi connectivity index (χ1) is 14.5. The van der Waals surface area contributed by atoms with Gasteiger partial charge in [0.2, 0.25) is 0 Å². The quantitative estimate of drug-likeness (QED) is 0.585. The number of aromatic hydroxyl groups is 1. The average Bonchev–Trinajstić information content (AvgIpc) is 3.05. The first kappa shape index (κ1) is 20.4. The van der Waals surface area contributed by atoms with Crippen LogP contribution in [0.1, 0.15) is 31.4 Å². The van der Waals surface area contributed by atoms with Gasteiger partial charge in [0.25, 0.3) is 0 Å². The van der Waals surface area contributed by atoms with E-state index in [-0.39, 0.29) is 11.7 Å². The van der Waals surface area contributed by atoms with Crippen molar-refractivity contribution < 1.29 is 9.50 Å². The van der Waals surface area contributed by atoms with Gasteiger partial charge in [0.1, 0.15) is 5.82 Å². The number of anilines is 1. The van der Waals surface area contributed by atoms with Crippen molar-refractivity contribution in [2.75, 3.05) is 31.1 Å². The SMILES string of the molecule is CCC(C)N1CCN(c2ccc(N=Cc3c(O)[nH]c4cc(F)ccc34)cc2C)CC1. The Morgan fingerprint density at radius 3 is 2.63 bits per heavy atom. The summed E-state index contributed by atoms with van der Waals surface area (Å²) in [4.78, 5) is 12.4. The molecule has 0 radical (unpaired) electrons. The van der Waals surface area contributed by atoms with Crippen LogP contribution in [0.15, 0.2) is 41.4 Å². The fourth-order valence-corrected chi connectivity index (χ4v) is 4.18. The predicted molar refractivity (Wildman–Crippen MR) is 122 cm³/mol. The van der Waals surface area contributed by atoms with Gasteiger partial charge < -0.3 is 15.0 Å². The maximum atomic E-state index is 13.4. The number of hydrogen-bond acceptors (Lipinski definition) is 4. The third-order valence-corrected chi connectivity index (χ3v) is 6.17. The molecule has 5 nitrogen and oxygen atoms in total. The Morgan fingerprint density at radius 1 is 1.17 bits per heavy atom. The molecule has 30 heavy (non-hydrogen) atoms. The zero-order chi connectivity index (χ0) is 21.3. The van der Waals surface area contributed by atoms with Crippen molar-refractivity contribution in [2.45, 2.75) is 33.2 Å². The molecule has 0 aliphatic carbocycles. The zero-order valence-corrected chi connectivity index (χ0v) is 17.8. The number of hydrogen-bond donors (Lipinski definition) is 2. The number of aromatic nitrogens is 1. The molecule has 158 valence electrons. The molecule has 1 aliphatic heterocycles. The Balaban J connectivity index is 1.50. The van der Waals surface area contributed by atoms with E-state index in [0.717, 1.165) is 37.3 Å². The number of nitrogens with zero attached hydrogens (tertiary/aromatic N) is 3. The lowest BCUT2D eigenvalue weighted by Gasteiger charge is -2.39. The van der Waals surface area contributed by atoms with Crippen LogP contribution in [0.5, 0.6) is 5.88 Å². The van der Waals surface area contributed by atoms with E-state index >= 15 is 0 Å². The van der Waals surface area contributed by atoms with Crippen LogP contribution in [0.4, 0.5) is 15.8 Å². The number of nitrogens with one attached hydrogen (secondary N) is 1. The van der Waals surface area contributed by atoms with Crippen molar-refractivity contribution in [2.24, 2.45) is 4.99 Å². The summed E-state index contributed by atoms with van der Waals surface area (Å²) in [6, 6.07) is 11.2. The van der Waals surface area contributed by atoms with E-state index in [4.69, 9.17) is 0 Å². The van der Waals surface area contributed by atoms with Crippen molar-refractivity contribution in [3.05, 3.63) is 53.3 Å². The molecule has 0 bridgehead atoms. The van der Waals surface area contributed by atoms with Crippen LogP contribution in [0.2, 0.25) is 0 Å².